The Morgan fingerprint density at radius 3 is 2.35 bits per heavy atom. The maximum absolute atomic E-state index is 13.5. The molecule has 0 heterocycles. The molecule has 0 saturated heterocycles. The summed E-state index contributed by atoms with van der Waals surface area (Å²) in [4.78, 5) is 1.96. The zero-order valence-corrected chi connectivity index (χ0v) is 14.7. The van der Waals surface area contributed by atoms with Gasteiger partial charge in [-0.25, -0.2) is 4.39 Å². The Balaban J connectivity index is 2.33. The number of sulfonamides is 1. The van der Waals surface area contributed by atoms with Gasteiger partial charge in [0.1, 0.15) is 5.82 Å². The molecule has 0 aliphatic heterocycles. The minimum Gasteiger partial charge on any atom is -0.205 e. The summed E-state index contributed by atoms with van der Waals surface area (Å²) in [6, 6.07) is 8.42. The standard InChI is InChI=1S/C14H10Cl3FN2O2S/c1-8-2-4-9(5-3-8)23(21,22)20-19-14(17)12-10(15)6-7-11(18)13(12)16/h2-7,20H,1H3/b19-14-. The Kier molecular flexibility index (Phi) is 5.52. The molecule has 2 aromatic carbocycles. The molecule has 0 aromatic heterocycles. The molecule has 0 unspecified atom stereocenters. The highest BCUT2D eigenvalue weighted by atomic mass is 35.5. The smallest absolute Gasteiger partial charge is 0.205 e. The lowest BCUT2D eigenvalue weighted by atomic mass is 10.2. The Bertz CT molecular complexity index is 868. The molecule has 2 rings (SSSR count). The summed E-state index contributed by atoms with van der Waals surface area (Å²) in [7, 11) is -3.92. The minimum atomic E-state index is -3.92. The van der Waals surface area contributed by atoms with Crippen LogP contribution in [0.2, 0.25) is 10.0 Å². The largest absolute Gasteiger partial charge is 0.276 e. The van der Waals surface area contributed by atoms with Gasteiger partial charge >= 0.3 is 0 Å². The fourth-order valence-electron chi connectivity index (χ4n) is 1.64. The van der Waals surface area contributed by atoms with Gasteiger partial charge in [0.2, 0.25) is 0 Å². The number of nitrogens with one attached hydrogen (secondary N) is 1. The molecule has 0 atom stereocenters. The number of nitrogens with zero attached hydrogens (tertiary/aromatic N) is 1. The summed E-state index contributed by atoms with van der Waals surface area (Å²) >= 11 is 17.6. The number of hydrazone groups is 1. The van der Waals surface area contributed by atoms with E-state index >= 15 is 0 Å². The highest BCUT2D eigenvalue weighted by Gasteiger charge is 2.17. The molecule has 0 saturated carbocycles. The van der Waals surface area contributed by atoms with Gasteiger partial charge in [-0.15, -0.1) is 0 Å². The molecule has 23 heavy (non-hydrogen) atoms. The Morgan fingerprint density at radius 2 is 1.74 bits per heavy atom. The second-order valence-corrected chi connectivity index (χ2v) is 7.33. The predicted octanol–water partition coefficient (Wildman–Crippen LogP) is 4.32. The molecule has 0 aliphatic carbocycles. The van der Waals surface area contributed by atoms with Crippen molar-refractivity contribution in [2.75, 3.05) is 0 Å². The van der Waals surface area contributed by atoms with Crippen LogP contribution in [0.1, 0.15) is 11.1 Å². The van der Waals surface area contributed by atoms with Gasteiger partial charge in [0.25, 0.3) is 10.0 Å². The van der Waals surface area contributed by atoms with Crippen LogP contribution in [0.25, 0.3) is 0 Å². The number of halogens is 4. The van der Waals surface area contributed by atoms with Crippen molar-refractivity contribution < 1.29 is 12.8 Å². The lowest BCUT2D eigenvalue weighted by Crippen LogP contribution is -2.19. The molecule has 0 bridgehead atoms. The Labute approximate surface area is 147 Å². The second kappa shape index (κ2) is 7.05. The molecule has 4 nitrogen and oxygen atoms in total. The first-order valence-electron chi connectivity index (χ1n) is 6.18. The SMILES string of the molecule is Cc1ccc(S(=O)(=O)N/N=C(\Cl)c2c(Cl)ccc(F)c2Cl)cc1. The van der Waals surface area contributed by atoms with E-state index in [4.69, 9.17) is 34.8 Å². The van der Waals surface area contributed by atoms with Crippen molar-refractivity contribution in [1.29, 1.82) is 0 Å². The Morgan fingerprint density at radius 1 is 1.13 bits per heavy atom. The van der Waals surface area contributed by atoms with Crippen molar-refractivity contribution in [3.05, 3.63) is 63.4 Å². The van der Waals surface area contributed by atoms with E-state index in [2.05, 4.69) is 5.10 Å². The first-order chi connectivity index (χ1) is 10.7. The van der Waals surface area contributed by atoms with Crippen molar-refractivity contribution >= 4 is 50.0 Å². The van der Waals surface area contributed by atoms with E-state index < -0.39 is 15.8 Å². The van der Waals surface area contributed by atoms with Gasteiger partial charge in [0, 0.05) is 0 Å². The summed E-state index contributed by atoms with van der Waals surface area (Å²) in [5.74, 6) is -0.749. The van der Waals surface area contributed by atoms with Crippen LogP contribution in [0.15, 0.2) is 46.4 Å². The van der Waals surface area contributed by atoms with Gasteiger partial charge < -0.3 is 0 Å². The van der Waals surface area contributed by atoms with Gasteiger partial charge in [-0.3, -0.25) is 0 Å². The van der Waals surface area contributed by atoms with Crippen molar-refractivity contribution in [1.82, 2.24) is 4.83 Å². The quantitative estimate of drug-likeness (QED) is 0.476. The second-order valence-electron chi connectivity index (χ2n) is 4.53. The highest BCUT2D eigenvalue weighted by Crippen LogP contribution is 2.29. The monoisotopic (exact) mass is 394 g/mol. The summed E-state index contributed by atoms with van der Waals surface area (Å²) in [6.07, 6.45) is 0. The third-order valence-corrected chi connectivity index (χ3v) is 5.03. The molecule has 9 heteroatoms. The van der Waals surface area contributed by atoms with Crippen LogP contribution >= 0.6 is 34.8 Å². The van der Waals surface area contributed by atoms with Crippen molar-refractivity contribution in [2.24, 2.45) is 5.10 Å². The Hall–Kier alpha value is -1.34. The van der Waals surface area contributed by atoms with E-state index in [1.807, 2.05) is 11.8 Å². The third-order valence-electron chi connectivity index (χ3n) is 2.85. The van der Waals surface area contributed by atoms with Crippen molar-refractivity contribution in [3.63, 3.8) is 0 Å². The molecule has 0 fully saturated rings. The summed E-state index contributed by atoms with van der Waals surface area (Å²) < 4.78 is 37.7. The van der Waals surface area contributed by atoms with E-state index in [-0.39, 0.29) is 25.7 Å². The topological polar surface area (TPSA) is 58.5 Å². The van der Waals surface area contributed by atoms with E-state index in [1.54, 1.807) is 12.1 Å². The van der Waals surface area contributed by atoms with Gasteiger partial charge in [-0.1, -0.05) is 52.5 Å². The number of hydrogen-bond donors (Lipinski definition) is 1. The van der Waals surface area contributed by atoms with E-state index in [0.717, 1.165) is 11.6 Å². The van der Waals surface area contributed by atoms with Crippen molar-refractivity contribution in [2.45, 2.75) is 11.8 Å². The maximum Gasteiger partial charge on any atom is 0.276 e. The lowest BCUT2D eigenvalue weighted by Gasteiger charge is -2.07. The molecule has 1 N–H and O–H groups in total. The molecule has 2 aromatic rings. The van der Waals surface area contributed by atoms with Crippen LogP contribution in [-0.2, 0) is 10.0 Å². The number of benzene rings is 2. The molecule has 0 amide bonds. The normalized spacial score (nSPS) is 12.3. The summed E-state index contributed by atoms with van der Waals surface area (Å²) in [6.45, 7) is 1.83. The molecular formula is C14H10Cl3FN2O2S. The predicted molar refractivity (Wildman–Crippen MR) is 90.3 cm³/mol. The lowest BCUT2D eigenvalue weighted by molar-refractivity contribution is 0.584. The number of rotatable bonds is 4. The molecule has 122 valence electrons. The summed E-state index contributed by atoms with van der Waals surface area (Å²) in [5, 5.41) is 2.85. The van der Waals surface area contributed by atoms with Gasteiger partial charge in [0.15, 0.2) is 5.17 Å². The van der Waals surface area contributed by atoms with E-state index in [0.29, 0.717) is 0 Å². The number of aryl methyl sites for hydroxylation is 1. The zero-order valence-electron chi connectivity index (χ0n) is 11.6. The summed E-state index contributed by atoms with van der Waals surface area (Å²) in [5.41, 5.74) is 0.811. The first-order valence-corrected chi connectivity index (χ1v) is 8.79. The third kappa shape index (κ3) is 4.14. The van der Waals surface area contributed by atoms with Crippen LogP contribution in [0, 0.1) is 12.7 Å². The van der Waals surface area contributed by atoms with E-state index in [1.165, 1.54) is 18.2 Å². The molecule has 0 spiro atoms. The maximum atomic E-state index is 13.5. The fraction of sp³-hybridized carbons (Fsp3) is 0.0714. The van der Waals surface area contributed by atoms with Crippen LogP contribution < -0.4 is 4.83 Å². The van der Waals surface area contributed by atoms with Crippen LogP contribution in [0.5, 0.6) is 0 Å². The average Bonchev–Trinajstić information content (AvgIpc) is 2.50. The van der Waals surface area contributed by atoms with E-state index in [9.17, 15) is 12.8 Å². The van der Waals surface area contributed by atoms with Crippen LogP contribution in [0.3, 0.4) is 0 Å². The van der Waals surface area contributed by atoms with Crippen LogP contribution in [-0.4, -0.2) is 13.6 Å². The average molecular weight is 396 g/mol. The van der Waals surface area contributed by atoms with Crippen LogP contribution in [0.4, 0.5) is 4.39 Å². The number of hydrogen-bond acceptors (Lipinski definition) is 3. The van der Waals surface area contributed by atoms with Crippen molar-refractivity contribution in [3.8, 4) is 0 Å². The van der Waals surface area contributed by atoms with Gasteiger partial charge in [0.05, 0.1) is 20.5 Å². The minimum absolute atomic E-state index is 0.00718. The zero-order chi connectivity index (χ0) is 17.2. The molecule has 0 radical (unpaired) electrons. The van der Waals surface area contributed by atoms with Gasteiger partial charge in [-0.2, -0.15) is 18.4 Å². The highest BCUT2D eigenvalue weighted by molar-refractivity contribution is 7.89. The molecular weight excluding hydrogens is 386 g/mol. The molecule has 0 aliphatic rings. The first kappa shape index (κ1) is 18.0. The fourth-order valence-corrected chi connectivity index (χ4v) is 3.39. The van der Waals surface area contributed by atoms with Gasteiger partial charge in [-0.05, 0) is 31.2 Å².